The van der Waals surface area contributed by atoms with Gasteiger partial charge in [0.05, 0.1) is 6.10 Å². The highest BCUT2D eigenvalue weighted by Gasteiger charge is 2.17. The fraction of sp³-hybridized carbons (Fsp3) is 0.533. The molecule has 2 N–H and O–H groups in total. The summed E-state index contributed by atoms with van der Waals surface area (Å²) in [6.07, 6.45) is 4.92. The molecule has 1 aromatic rings. The minimum atomic E-state index is 0. The molecule has 110 valence electrons. The second-order valence-corrected chi connectivity index (χ2v) is 5.27. The van der Waals surface area contributed by atoms with Gasteiger partial charge in [-0.3, -0.25) is 4.79 Å². The molecule has 1 saturated heterocycles. The van der Waals surface area contributed by atoms with Crippen LogP contribution in [0, 0.1) is 0 Å². The SMILES string of the molecule is Cl.O=C(CCC1CCCO1)Nc1ccc2c(c1)CCN2. The number of carbonyl (C=O) groups is 1. The molecule has 0 aliphatic carbocycles. The van der Waals surface area contributed by atoms with Gasteiger partial charge < -0.3 is 15.4 Å². The molecule has 3 rings (SSSR count). The van der Waals surface area contributed by atoms with Gasteiger partial charge in [-0.2, -0.15) is 0 Å². The predicted octanol–water partition coefficient (Wildman–Crippen LogP) is 2.97. The van der Waals surface area contributed by atoms with E-state index >= 15 is 0 Å². The van der Waals surface area contributed by atoms with Gasteiger partial charge in [0, 0.05) is 30.9 Å². The third kappa shape index (κ3) is 3.64. The maximum Gasteiger partial charge on any atom is 0.224 e. The average molecular weight is 297 g/mol. The van der Waals surface area contributed by atoms with Crippen molar-refractivity contribution < 1.29 is 9.53 Å². The fourth-order valence-corrected chi connectivity index (χ4v) is 2.77. The molecule has 0 bridgehead atoms. The highest BCUT2D eigenvalue weighted by Crippen LogP contribution is 2.25. The van der Waals surface area contributed by atoms with Gasteiger partial charge in [0.1, 0.15) is 0 Å². The highest BCUT2D eigenvalue weighted by molar-refractivity contribution is 5.91. The van der Waals surface area contributed by atoms with Crippen molar-refractivity contribution in [2.24, 2.45) is 0 Å². The Kier molecular flexibility index (Phi) is 5.26. The van der Waals surface area contributed by atoms with Gasteiger partial charge in [0.2, 0.25) is 5.91 Å². The van der Waals surface area contributed by atoms with Gasteiger partial charge in [0.25, 0.3) is 0 Å². The van der Waals surface area contributed by atoms with Crippen LogP contribution in [0.1, 0.15) is 31.2 Å². The van der Waals surface area contributed by atoms with Gasteiger partial charge in [0.15, 0.2) is 0 Å². The van der Waals surface area contributed by atoms with E-state index in [9.17, 15) is 4.79 Å². The molecule has 1 atom stereocenters. The Bertz CT molecular complexity index is 473. The summed E-state index contributed by atoms with van der Waals surface area (Å²) < 4.78 is 5.53. The van der Waals surface area contributed by atoms with Crippen molar-refractivity contribution in [3.63, 3.8) is 0 Å². The van der Waals surface area contributed by atoms with Gasteiger partial charge in [-0.15, -0.1) is 12.4 Å². The number of ether oxygens (including phenoxy) is 1. The Balaban J connectivity index is 0.00000147. The fourth-order valence-electron chi connectivity index (χ4n) is 2.77. The van der Waals surface area contributed by atoms with Crippen LogP contribution in [0.25, 0.3) is 0 Å². The number of halogens is 1. The third-order valence-corrected chi connectivity index (χ3v) is 3.82. The van der Waals surface area contributed by atoms with Crippen molar-refractivity contribution in [1.29, 1.82) is 0 Å². The molecule has 4 nitrogen and oxygen atoms in total. The first-order valence-electron chi connectivity index (χ1n) is 7.09. The summed E-state index contributed by atoms with van der Waals surface area (Å²) in [5, 5.41) is 6.29. The van der Waals surface area contributed by atoms with E-state index in [2.05, 4.69) is 16.7 Å². The van der Waals surface area contributed by atoms with Crippen LogP contribution in [0.15, 0.2) is 18.2 Å². The zero-order valence-electron chi connectivity index (χ0n) is 11.5. The maximum absolute atomic E-state index is 11.9. The molecule has 0 radical (unpaired) electrons. The van der Waals surface area contributed by atoms with E-state index in [1.54, 1.807) is 0 Å². The second-order valence-electron chi connectivity index (χ2n) is 5.27. The third-order valence-electron chi connectivity index (χ3n) is 3.82. The van der Waals surface area contributed by atoms with Crippen molar-refractivity contribution in [3.8, 4) is 0 Å². The normalized spacial score (nSPS) is 19.9. The van der Waals surface area contributed by atoms with E-state index in [1.165, 1.54) is 11.3 Å². The summed E-state index contributed by atoms with van der Waals surface area (Å²) in [4.78, 5) is 11.9. The number of benzene rings is 1. The van der Waals surface area contributed by atoms with Crippen LogP contribution < -0.4 is 10.6 Å². The lowest BCUT2D eigenvalue weighted by Crippen LogP contribution is -2.15. The lowest BCUT2D eigenvalue weighted by molar-refractivity contribution is -0.116. The molecule has 5 heteroatoms. The van der Waals surface area contributed by atoms with Crippen LogP contribution in [-0.4, -0.2) is 25.2 Å². The molecular weight excluding hydrogens is 276 g/mol. The van der Waals surface area contributed by atoms with Crippen LogP contribution in [-0.2, 0) is 16.0 Å². The van der Waals surface area contributed by atoms with Crippen LogP contribution >= 0.6 is 12.4 Å². The van der Waals surface area contributed by atoms with Crippen molar-refractivity contribution in [2.45, 2.75) is 38.2 Å². The number of rotatable bonds is 4. The largest absolute Gasteiger partial charge is 0.384 e. The Hall–Kier alpha value is -1.26. The molecule has 2 aliphatic rings. The first-order chi connectivity index (χ1) is 9.31. The molecule has 0 aromatic heterocycles. The number of carbonyl (C=O) groups excluding carboxylic acids is 1. The Labute approximate surface area is 125 Å². The lowest BCUT2D eigenvalue weighted by Gasteiger charge is -2.10. The molecule has 20 heavy (non-hydrogen) atoms. The highest BCUT2D eigenvalue weighted by atomic mass is 35.5. The van der Waals surface area contributed by atoms with E-state index < -0.39 is 0 Å². The smallest absolute Gasteiger partial charge is 0.224 e. The zero-order valence-corrected chi connectivity index (χ0v) is 12.3. The van der Waals surface area contributed by atoms with E-state index in [-0.39, 0.29) is 24.4 Å². The lowest BCUT2D eigenvalue weighted by atomic mass is 10.1. The predicted molar refractivity (Wildman–Crippen MR) is 82.7 cm³/mol. The Morgan fingerprint density at radius 3 is 3.15 bits per heavy atom. The number of nitrogens with one attached hydrogen (secondary N) is 2. The molecule has 1 fully saturated rings. The number of fused-ring (bicyclic) bond motifs is 1. The summed E-state index contributed by atoms with van der Waals surface area (Å²) in [6.45, 7) is 1.84. The van der Waals surface area contributed by atoms with Gasteiger partial charge in [-0.1, -0.05) is 0 Å². The molecule has 2 aliphatic heterocycles. The summed E-state index contributed by atoms with van der Waals surface area (Å²) >= 11 is 0. The van der Waals surface area contributed by atoms with Gasteiger partial charge in [-0.05, 0) is 49.4 Å². The quantitative estimate of drug-likeness (QED) is 0.898. The van der Waals surface area contributed by atoms with Crippen molar-refractivity contribution in [2.75, 3.05) is 23.8 Å². The summed E-state index contributed by atoms with van der Waals surface area (Å²) in [7, 11) is 0. The molecule has 2 heterocycles. The van der Waals surface area contributed by atoms with E-state index in [0.29, 0.717) is 6.42 Å². The van der Waals surface area contributed by atoms with E-state index in [0.717, 1.165) is 44.5 Å². The van der Waals surface area contributed by atoms with Crippen molar-refractivity contribution in [3.05, 3.63) is 23.8 Å². The number of hydrogen-bond acceptors (Lipinski definition) is 3. The second kappa shape index (κ2) is 6.95. The van der Waals surface area contributed by atoms with Gasteiger partial charge >= 0.3 is 0 Å². The topological polar surface area (TPSA) is 50.4 Å². The minimum Gasteiger partial charge on any atom is -0.384 e. The molecule has 1 aromatic carbocycles. The Morgan fingerprint density at radius 2 is 2.35 bits per heavy atom. The molecule has 0 saturated carbocycles. The van der Waals surface area contributed by atoms with Crippen LogP contribution in [0.2, 0.25) is 0 Å². The van der Waals surface area contributed by atoms with E-state index in [4.69, 9.17) is 4.74 Å². The Morgan fingerprint density at radius 1 is 1.45 bits per heavy atom. The first-order valence-corrected chi connectivity index (χ1v) is 7.09. The number of anilines is 2. The zero-order chi connectivity index (χ0) is 13.1. The van der Waals surface area contributed by atoms with Gasteiger partial charge in [-0.25, -0.2) is 0 Å². The van der Waals surface area contributed by atoms with Crippen LogP contribution in [0.4, 0.5) is 11.4 Å². The van der Waals surface area contributed by atoms with E-state index in [1.807, 2.05) is 12.1 Å². The van der Waals surface area contributed by atoms with Crippen molar-refractivity contribution in [1.82, 2.24) is 0 Å². The number of amides is 1. The summed E-state index contributed by atoms with van der Waals surface area (Å²) in [5.74, 6) is 0.0846. The summed E-state index contributed by atoms with van der Waals surface area (Å²) in [6, 6.07) is 6.07. The first kappa shape index (κ1) is 15.1. The summed E-state index contributed by atoms with van der Waals surface area (Å²) in [5.41, 5.74) is 3.38. The molecule has 1 unspecified atom stereocenters. The van der Waals surface area contributed by atoms with Crippen LogP contribution in [0.3, 0.4) is 0 Å². The maximum atomic E-state index is 11.9. The standard InChI is InChI=1S/C15H20N2O2.ClH/c18-15(6-4-13-2-1-9-19-13)17-12-3-5-14-11(10-12)7-8-16-14;/h3,5,10,13,16H,1-2,4,6-9H2,(H,17,18);1H. The molecule has 1 amide bonds. The average Bonchev–Trinajstić information content (AvgIpc) is 3.07. The minimum absolute atomic E-state index is 0. The molecular formula is C15H21ClN2O2. The van der Waals surface area contributed by atoms with Crippen molar-refractivity contribution >= 4 is 29.7 Å². The number of hydrogen-bond donors (Lipinski definition) is 2. The van der Waals surface area contributed by atoms with Crippen LogP contribution in [0.5, 0.6) is 0 Å². The monoisotopic (exact) mass is 296 g/mol. The molecule has 0 spiro atoms.